The van der Waals surface area contributed by atoms with E-state index in [4.69, 9.17) is 24.0 Å². The lowest BCUT2D eigenvalue weighted by Crippen LogP contribution is -2.36. The number of hydrogen-bond acceptors (Lipinski definition) is 7. The number of carboxylic acid groups (broad SMARTS) is 1. The van der Waals surface area contributed by atoms with Crippen molar-refractivity contribution in [2.45, 2.75) is 32.6 Å². The van der Waals surface area contributed by atoms with Gasteiger partial charge in [0, 0.05) is 47.2 Å². The van der Waals surface area contributed by atoms with E-state index in [2.05, 4.69) is 40.3 Å². The minimum atomic E-state index is -0.960. The Hall–Kier alpha value is -5.58. The number of allylic oxidation sites excluding steroid dienone is 1. The van der Waals surface area contributed by atoms with Gasteiger partial charge in [-0.25, -0.2) is 4.79 Å². The van der Waals surface area contributed by atoms with Crippen LogP contribution in [0.25, 0.3) is 32.8 Å². The highest BCUT2D eigenvalue weighted by atomic mass is 16.5. The fourth-order valence-corrected chi connectivity index (χ4v) is 7.27. The maximum Gasteiger partial charge on any atom is 0.352 e. The number of anilines is 1. The van der Waals surface area contributed by atoms with Crippen LogP contribution in [-0.4, -0.2) is 65.4 Å². The predicted molar refractivity (Wildman–Crippen MR) is 197 cm³/mol. The van der Waals surface area contributed by atoms with Gasteiger partial charge in [0.1, 0.15) is 29.5 Å². The van der Waals surface area contributed by atoms with Gasteiger partial charge in [-0.05, 0) is 54.1 Å². The van der Waals surface area contributed by atoms with E-state index in [0.29, 0.717) is 39.2 Å². The van der Waals surface area contributed by atoms with E-state index in [1.165, 1.54) is 0 Å². The van der Waals surface area contributed by atoms with Gasteiger partial charge >= 0.3 is 5.97 Å². The Bertz CT molecular complexity index is 2190. The van der Waals surface area contributed by atoms with Crippen LogP contribution in [0.4, 0.5) is 5.69 Å². The zero-order valence-electron chi connectivity index (χ0n) is 28.3. The van der Waals surface area contributed by atoms with Crippen LogP contribution in [-0.2, 0) is 35.7 Å². The summed E-state index contributed by atoms with van der Waals surface area (Å²) in [5, 5.41) is 21.6. The van der Waals surface area contributed by atoms with Crippen LogP contribution in [0.3, 0.4) is 0 Å². The monoisotopic (exact) mass is 684 g/mol. The first-order valence-electron chi connectivity index (χ1n) is 17.5. The van der Waals surface area contributed by atoms with Gasteiger partial charge < -0.3 is 33.5 Å². The van der Waals surface area contributed by atoms with Crippen LogP contribution < -0.4 is 14.4 Å². The van der Waals surface area contributed by atoms with Crippen LogP contribution in [0.5, 0.6) is 11.5 Å². The highest BCUT2D eigenvalue weighted by molar-refractivity contribution is 6.04. The van der Waals surface area contributed by atoms with Crippen molar-refractivity contribution in [2.75, 3.05) is 44.4 Å². The van der Waals surface area contributed by atoms with Gasteiger partial charge in [0.2, 0.25) is 0 Å². The van der Waals surface area contributed by atoms with E-state index >= 15 is 0 Å². The molecule has 8 rings (SSSR count). The second-order valence-corrected chi connectivity index (χ2v) is 12.8. The van der Waals surface area contributed by atoms with Crippen molar-refractivity contribution in [2.24, 2.45) is 0 Å². The summed E-state index contributed by atoms with van der Waals surface area (Å²) in [7, 11) is 0. The molecular formula is C41H40N4O6. The van der Waals surface area contributed by atoms with Crippen molar-refractivity contribution >= 4 is 33.3 Å². The third kappa shape index (κ3) is 6.68. The van der Waals surface area contributed by atoms with E-state index < -0.39 is 5.97 Å². The molecule has 0 unspecified atom stereocenters. The first-order valence-corrected chi connectivity index (χ1v) is 17.5. The normalized spacial score (nSPS) is 15.3. The number of nitrogens with zero attached hydrogens (tertiary/aromatic N) is 3. The van der Waals surface area contributed by atoms with Gasteiger partial charge in [0.15, 0.2) is 0 Å². The number of morpholine rings is 1. The molecule has 2 aliphatic heterocycles. The van der Waals surface area contributed by atoms with Crippen molar-refractivity contribution in [1.82, 2.24) is 14.8 Å². The molecule has 1 fully saturated rings. The molecule has 2 N–H and O–H groups in total. The largest absolute Gasteiger partial charge is 0.493 e. The zero-order valence-corrected chi connectivity index (χ0v) is 28.3. The molecule has 0 spiro atoms. The highest BCUT2D eigenvalue weighted by Crippen LogP contribution is 2.39. The lowest BCUT2D eigenvalue weighted by Gasteiger charge is -2.28. The second kappa shape index (κ2) is 14.7. The van der Waals surface area contributed by atoms with Crippen molar-refractivity contribution in [3.63, 3.8) is 0 Å². The number of aryl methyl sites for hydroxylation is 1. The van der Waals surface area contributed by atoms with Crippen molar-refractivity contribution in [3.05, 3.63) is 120 Å². The van der Waals surface area contributed by atoms with Gasteiger partial charge in [-0.3, -0.25) is 5.10 Å². The fraction of sp³-hybridized carbons (Fsp3) is 0.268. The molecule has 0 amide bonds. The lowest BCUT2D eigenvalue weighted by atomic mass is 9.98. The lowest BCUT2D eigenvalue weighted by molar-refractivity contribution is 0.0685. The van der Waals surface area contributed by atoms with Crippen LogP contribution >= 0.6 is 0 Å². The zero-order chi connectivity index (χ0) is 34.6. The minimum absolute atomic E-state index is 0.224. The smallest absolute Gasteiger partial charge is 0.352 e. The molecule has 0 bridgehead atoms. The first-order chi connectivity index (χ1) is 25.2. The summed E-state index contributed by atoms with van der Waals surface area (Å²) in [5.41, 5.74) is 6.37. The standard InChI is InChI=1S/C41H40N4O6/c46-41(47)40-33(13-7-23-50-37-14-5-9-28-8-1-2-10-31(28)37)32-11-6-12-34-38-35(26-49-22-4-3-19-45(40)39(32)34)42-43-36(38)27-51-30-17-15-29(16-18-30)44-20-24-48-25-21-44/h1-6,8-12,14-18H,7,13,19-27H2,(H,42,43)(H,46,47)/b4-3-. The average Bonchev–Trinajstić information content (AvgIpc) is 3.72. The van der Waals surface area contributed by atoms with Gasteiger partial charge in [0.25, 0.3) is 0 Å². The summed E-state index contributed by atoms with van der Waals surface area (Å²) in [4.78, 5) is 15.3. The number of benzene rings is 4. The molecule has 0 radical (unpaired) electrons. The molecule has 6 aromatic rings. The predicted octanol–water partition coefficient (Wildman–Crippen LogP) is 7.40. The van der Waals surface area contributed by atoms with Crippen molar-refractivity contribution in [3.8, 4) is 22.6 Å². The van der Waals surface area contributed by atoms with Crippen molar-refractivity contribution < 1.29 is 28.8 Å². The Balaban J connectivity index is 1.10. The number of para-hydroxylation sites is 1. The van der Waals surface area contributed by atoms with E-state index in [-0.39, 0.29) is 12.3 Å². The number of rotatable bonds is 10. The molecule has 2 aromatic heterocycles. The highest BCUT2D eigenvalue weighted by Gasteiger charge is 2.27. The van der Waals surface area contributed by atoms with Crippen molar-refractivity contribution in [1.29, 1.82) is 0 Å². The Morgan fingerprint density at radius 2 is 1.69 bits per heavy atom. The maximum atomic E-state index is 13.0. The molecule has 0 saturated carbocycles. The van der Waals surface area contributed by atoms with Crippen LogP contribution in [0, 0.1) is 0 Å². The SMILES string of the molecule is O=C(O)c1c(CCCOc2cccc3ccccc23)c2cccc3c2n1C/C=C\COCc1[nH]nc(COc2ccc(N4CCOCC4)cc2)c1-3. The molecule has 1 saturated heterocycles. The molecule has 4 aromatic carbocycles. The number of ether oxygens (including phenoxy) is 4. The van der Waals surface area contributed by atoms with Gasteiger partial charge in [-0.1, -0.05) is 66.7 Å². The van der Waals surface area contributed by atoms with E-state index in [1.54, 1.807) is 0 Å². The van der Waals surface area contributed by atoms with E-state index in [9.17, 15) is 9.90 Å². The molecule has 51 heavy (non-hydrogen) atoms. The molecule has 2 aliphatic rings. The first kappa shape index (κ1) is 32.6. The summed E-state index contributed by atoms with van der Waals surface area (Å²) in [6.45, 7) is 4.98. The molecule has 10 heteroatoms. The number of fused-ring (bicyclic) bond motifs is 3. The summed E-state index contributed by atoms with van der Waals surface area (Å²) in [6.07, 6.45) is 5.10. The van der Waals surface area contributed by atoms with Crippen LogP contribution in [0.15, 0.2) is 97.1 Å². The second-order valence-electron chi connectivity index (χ2n) is 12.8. The summed E-state index contributed by atoms with van der Waals surface area (Å²) in [6, 6.07) is 28.4. The molecule has 260 valence electrons. The Kier molecular flexibility index (Phi) is 9.42. The number of nitrogens with one attached hydrogen (secondary N) is 1. The molecule has 0 aliphatic carbocycles. The topological polar surface area (TPSA) is 111 Å². The Morgan fingerprint density at radius 1 is 0.882 bits per heavy atom. The third-order valence-electron chi connectivity index (χ3n) is 9.66. The van der Waals surface area contributed by atoms with E-state index in [0.717, 1.165) is 93.2 Å². The average molecular weight is 685 g/mol. The van der Waals surface area contributed by atoms with Gasteiger partial charge in [-0.15, -0.1) is 0 Å². The summed E-state index contributed by atoms with van der Waals surface area (Å²) in [5.74, 6) is 0.607. The van der Waals surface area contributed by atoms with Crippen LogP contribution in [0.1, 0.15) is 33.9 Å². The number of aromatic carboxylic acids is 1. The Morgan fingerprint density at radius 3 is 2.55 bits per heavy atom. The van der Waals surface area contributed by atoms with Gasteiger partial charge in [0.05, 0.1) is 44.2 Å². The number of carboxylic acids is 1. The minimum Gasteiger partial charge on any atom is -0.493 e. The number of hydrogen-bond donors (Lipinski definition) is 2. The van der Waals surface area contributed by atoms with E-state index in [1.807, 2.05) is 71.3 Å². The number of aromatic amines is 1. The molecule has 10 nitrogen and oxygen atoms in total. The summed E-state index contributed by atoms with van der Waals surface area (Å²) >= 11 is 0. The molecule has 4 heterocycles. The van der Waals surface area contributed by atoms with Crippen LogP contribution in [0.2, 0.25) is 0 Å². The number of carbonyl (C=O) groups is 1. The summed E-state index contributed by atoms with van der Waals surface area (Å²) < 4.78 is 25.9. The Labute approximate surface area is 295 Å². The number of aromatic nitrogens is 3. The third-order valence-corrected chi connectivity index (χ3v) is 9.66. The maximum absolute atomic E-state index is 13.0. The quantitative estimate of drug-likeness (QED) is 0.114. The molecule has 0 atom stereocenters. The fourth-order valence-electron chi connectivity index (χ4n) is 7.27. The van der Waals surface area contributed by atoms with Gasteiger partial charge in [-0.2, -0.15) is 5.10 Å². The molecular weight excluding hydrogens is 644 g/mol. The number of H-pyrrole nitrogens is 1.